The smallest absolute Gasteiger partial charge is 0.194 e. The minimum atomic E-state index is -1.44. The highest BCUT2D eigenvalue weighted by atomic mass is 19.2. The van der Waals surface area contributed by atoms with E-state index < -0.39 is 23.1 Å². The third-order valence-corrected chi connectivity index (χ3v) is 5.26. The molecule has 0 radical (unpaired) electrons. The summed E-state index contributed by atoms with van der Waals surface area (Å²) in [6, 6.07) is 2.08. The second-order valence-corrected chi connectivity index (χ2v) is 7.27. The lowest BCUT2D eigenvalue weighted by Crippen LogP contribution is -2.55. The van der Waals surface area contributed by atoms with Gasteiger partial charge in [-0.05, 0) is 30.5 Å². The molecule has 0 saturated carbocycles. The van der Waals surface area contributed by atoms with Crippen molar-refractivity contribution in [3.63, 3.8) is 0 Å². The van der Waals surface area contributed by atoms with Crippen LogP contribution in [-0.4, -0.2) is 54.6 Å². The van der Waals surface area contributed by atoms with E-state index in [2.05, 4.69) is 4.90 Å². The summed E-state index contributed by atoms with van der Waals surface area (Å²) in [5.41, 5.74) is -0.826. The van der Waals surface area contributed by atoms with Crippen LogP contribution in [0.25, 0.3) is 0 Å². The number of rotatable bonds is 4. The first kappa shape index (κ1) is 18.6. The maximum Gasteiger partial charge on any atom is 0.194 e. The second-order valence-electron chi connectivity index (χ2n) is 7.27. The normalized spacial score (nSPS) is 26.9. The third-order valence-electron chi connectivity index (χ3n) is 5.26. The van der Waals surface area contributed by atoms with Crippen molar-refractivity contribution in [3.8, 4) is 0 Å². The monoisotopic (exact) mass is 359 g/mol. The summed E-state index contributed by atoms with van der Waals surface area (Å²) in [5, 5.41) is 10.6. The van der Waals surface area contributed by atoms with Crippen LogP contribution in [0.5, 0.6) is 0 Å². The number of halogens is 3. The molecule has 1 atom stereocenters. The summed E-state index contributed by atoms with van der Waals surface area (Å²) >= 11 is 0. The number of nitrogens with zero attached hydrogens (tertiary/aromatic N) is 1. The first-order chi connectivity index (χ1) is 11.8. The molecule has 1 spiro atoms. The molecule has 25 heavy (non-hydrogen) atoms. The maximum absolute atomic E-state index is 13.3. The van der Waals surface area contributed by atoms with Crippen LogP contribution in [0.15, 0.2) is 12.1 Å². The Morgan fingerprint density at radius 1 is 1.16 bits per heavy atom. The van der Waals surface area contributed by atoms with Gasteiger partial charge in [-0.1, -0.05) is 0 Å². The van der Waals surface area contributed by atoms with E-state index in [0.717, 1.165) is 25.0 Å². The lowest BCUT2D eigenvalue weighted by atomic mass is 9.77. The van der Waals surface area contributed by atoms with Crippen molar-refractivity contribution in [2.45, 2.75) is 43.4 Å². The molecule has 3 rings (SSSR count). The second kappa shape index (κ2) is 7.23. The molecule has 2 aliphatic heterocycles. The zero-order valence-corrected chi connectivity index (χ0v) is 14.4. The molecule has 1 N–H and O–H groups in total. The van der Waals surface area contributed by atoms with Gasteiger partial charge in [-0.2, -0.15) is 0 Å². The van der Waals surface area contributed by atoms with Crippen LogP contribution in [0.3, 0.4) is 0 Å². The van der Waals surface area contributed by atoms with E-state index in [9.17, 15) is 18.3 Å². The first-order valence-electron chi connectivity index (χ1n) is 8.56. The van der Waals surface area contributed by atoms with E-state index in [1.54, 1.807) is 7.11 Å². The van der Waals surface area contributed by atoms with Crippen LogP contribution < -0.4 is 0 Å². The lowest BCUT2D eigenvalue weighted by molar-refractivity contribution is -0.191. The molecule has 2 heterocycles. The predicted molar refractivity (Wildman–Crippen MR) is 85.6 cm³/mol. The van der Waals surface area contributed by atoms with Crippen LogP contribution in [0.1, 0.15) is 31.2 Å². The summed E-state index contributed by atoms with van der Waals surface area (Å²) in [6.45, 7) is 2.50. The number of piperidine rings is 1. The summed E-state index contributed by atoms with van der Waals surface area (Å²) in [6.07, 6.45) is 2.54. The Kier molecular flexibility index (Phi) is 5.39. The number of likely N-dealkylation sites (tertiary alicyclic amines) is 1. The van der Waals surface area contributed by atoms with Crippen LogP contribution in [-0.2, 0) is 16.0 Å². The van der Waals surface area contributed by atoms with Crippen LogP contribution in [0, 0.1) is 17.5 Å². The molecule has 140 valence electrons. The predicted octanol–water partition coefficient (Wildman–Crippen LogP) is 2.63. The number of ether oxygens (including phenoxy) is 2. The van der Waals surface area contributed by atoms with Crippen LogP contribution in [0.4, 0.5) is 13.2 Å². The van der Waals surface area contributed by atoms with Crippen molar-refractivity contribution >= 4 is 0 Å². The molecule has 0 aliphatic carbocycles. The number of hydrogen-bond donors (Lipinski definition) is 1. The van der Waals surface area contributed by atoms with Gasteiger partial charge in [0.25, 0.3) is 0 Å². The van der Waals surface area contributed by atoms with Gasteiger partial charge in [-0.3, -0.25) is 4.90 Å². The maximum atomic E-state index is 13.3. The van der Waals surface area contributed by atoms with Gasteiger partial charge in [0.05, 0.1) is 24.4 Å². The van der Waals surface area contributed by atoms with E-state index >= 15 is 0 Å². The average molecular weight is 359 g/mol. The molecule has 2 aliphatic rings. The van der Waals surface area contributed by atoms with Crippen molar-refractivity contribution in [1.82, 2.24) is 4.90 Å². The number of aliphatic hydroxyl groups is 1. The molecule has 2 fully saturated rings. The van der Waals surface area contributed by atoms with Crippen LogP contribution in [0.2, 0.25) is 0 Å². The van der Waals surface area contributed by atoms with Crippen molar-refractivity contribution in [3.05, 3.63) is 35.1 Å². The average Bonchev–Trinajstić information content (AvgIpc) is 2.55. The summed E-state index contributed by atoms with van der Waals surface area (Å²) < 4.78 is 50.9. The molecule has 0 bridgehead atoms. The lowest BCUT2D eigenvalue weighted by Gasteiger charge is -2.49. The molecule has 7 heteroatoms. The van der Waals surface area contributed by atoms with Gasteiger partial charge in [0.1, 0.15) is 0 Å². The molecular weight excluding hydrogens is 335 g/mol. The Morgan fingerprint density at radius 2 is 1.80 bits per heavy atom. The fourth-order valence-corrected chi connectivity index (χ4v) is 3.99. The van der Waals surface area contributed by atoms with E-state index in [1.165, 1.54) is 0 Å². The Morgan fingerprint density at radius 3 is 2.40 bits per heavy atom. The molecule has 1 aromatic carbocycles. The zero-order valence-electron chi connectivity index (χ0n) is 14.4. The van der Waals surface area contributed by atoms with Gasteiger partial charge in [0.2, 0.25) is 0 Å². The highest BCUT2D eigenvalue weighted by Crippen LogP contribution is 2.40. The highest BCUT2D eigenvalue weighted by Gasteiger charge is 2.46. The van der Waals surface area contributed by atoms with Crippen molar-refractivity contribution in [1.29, 1.82) is 0 Å². The highest BCUT2D eigenvalue weighted by molar-refractivity contribution is 5.19. The minimum absolute atomic E-state index is 0.288. The fourth-order valence-electron chi connectivity index (χ4n) is 3.99. The number of hydrogen-bond acceptors (Lipinski definition) is 4. The first-order valence-corrected chi connectivity index (χ1v) is 8.56. The molecule has 1 unspecified atom stereocenters. The van der Waals surface area contributed by atoms with Gasteiger partial charge in [-0.25, -0.2) is 13.2 Å². The van der Waals surface area contributed by atoms with E-state index in [4.69, 9.17) is 9.47 Å². The standard InChI is InChI=1S/C18H24F3NO3/c1-24-12-17(23)4-7-25-18(11-17)2-5-22(6-3-18)10-13-8-14(19)16(21)15(20)9-13/h8-9,23H,2-7,10-12H2,1H3. The Labute approximate surface area is 145 Å². The minimum Gasteiger partial charge on any atom is -0.387 e. The zero-order chi connectivity index (χ0) is 18.1. The van der Waals surface area contributed by atoms with Gasteiger partial charge in [-0.15, -0.1) is 0 Å². The molecule has 0 amide bonds. The summed E-state index contributed by atoms with van der Waals surface area (Å²) in [5.74, 6) is -3.76. The van der Waals surface area contributed by atoms with E-state index in [-0.39, 0.29) is 12.2 Å². The van der Waals surface area contributed by atoms with E-state index in [0.29, 0.717) is 44.6 Å². The van der Waals surface area contributed by atoms with E-state index in [1.807, 2.05) is 0 Å². The molecular formula is C18H24F3NO3. The molecule has 2 saturated heterocycles. The molecule has 0 aromatic heterocycles. The largest absolute Gasteiger partial charge is 0.387 e. The van der Waals surface area contributed by atoms with Gasteiger partial charge >= 0.3 is 0 Å². The Bertz CT molecular complexity index is 593. The Hall–Kier alpha value is -1.15. The van der Waals surface area contributed by atoms with Crippen molar-refractivity contribution in [2.24, 2.45) is 0 Å². The van der Waals surface area contributed by atoms with Crippen LogP contribution >= 0.6 is 0 Å². The number of benzene rings is 1. The summed E-state index contributed by atoms with van der Waals surface area (Å²) in [4.78, 5) is 2.06. The van der Waals surface area contributed by atoms with Crippen molar-refractivity contribution in [2.75, 3.05) is 33.4 Å². The van der Waals surface area contributed by atoms with Gasteiger partial charge < -0.3 is 14.6 Å². The Balaban J connectivity index is 1.60. The summed E-state index contributed by atoms with van der Waals surface area (Å²) in [7, 11) is 1.57. The topological polar surface area (TPSA) is 41.9 Å². The fraction of sp³-hybridized carbons (Fsp3) is 0.667. The number of methoxy groups -OCH3 is 1. The molecule has 4 nitrogen and oxygen atoms in total. The quantitative estimate of drug-likeness (QED) is 0.840. The molecule has 1 aromatic rings. The SMILES string of the molecule is COCC1(O)CCOC2(CCN(Cc3cc(F)c(F)c(F)c3)CC2)C1. The van der Waals surface area contributed by atoms with Gasteiger partial charge in [0.15, 0.2) is 17.5 Å². The van der Waals surface area contributed by atoms with Crippen molar-refractivity contribution < 1.29 is 27.8 Å². The van der Waals surface area contributed by atoms with Gasteiger partial charge in [0, 0.05) is 39.6 Å². The third kappa shape index (κ3) is 4.16.